The molecule has 1 heterocycles. The summed E-state index contributed by atoms with van der Waals surface area (Å²) in [6.07, 6.45) is 0. The molecule has 0 radical (unpaired) electrons. The Kier molecular flexibility index (Phi) is 4.48. The number of rotatable bonds is 4. The van der Waals surface area contributed by atoms with Crippen LogP contribution in [0.15, 0.2) is 36.4 Å². The zero-order valence-electron chi connectivity index (χ0n) is 15.2. The molecule has 1 aliphatic heterocycles. The molecule has 0 saturated heterocycles. The van der Waals surface area contributed by atoms with Gasteiger partial charge in [0.25, 0.3) is 11.8 Å². The molecule has 0 atom stereocenters. The smallest absolute Gasteiger partial charge is 0.266 e. The summed E-state index contributed by atoms with van der Waals surface area (Å²) >= 11 is 0. The molecule has 2 N–H and O–H groups in total. The van der Waals surface area contributed by atoms with Crippen molar-refractivity contribution in [3.8, 4) is 0 Å². The third kappa shape index (κ3) is 2.76. The van der Waals surface area contributed by atoms with Gasteiger partial charge in [-0.25, -0.2) is 4.90 Å². The molecule has 130 valence electrons. The number of para-hydroxylation sites is 1. The molecule has 0 saturated carbocycles. The maximum absolute atomic E-state index is 13.1. The third-order valence-electron chi connectivity index (χ3n) is 4.75. The second-order valence-corrected chi connectivity index (χ2v) is 7.12. The summed E-state index contributed by atoms with van der Waals surface area (Å²) in [6, 6.07) is 11.3. The Hall–Kier alpha value is -2.46. The Morgan fingerprint density at radius 1 is 0.880 bits per heavy atom. The molecule has 0 fully saturated rings. The molecule has 2 amide bonds. The van der Waals surface area contributed by atoms with Crippen molar-refractivity contribution in [2.45, 2.75) is 46.1 Å². The lowest BCUT2D eigenvalue weighted by atomic mass is 9.92. The minimum absolute atomic E-state index is 0.206. The van der Waals surface area contributed by atoms with Crippen LogP contribution in [0.1, 0.15) is 76.9 Å². The van der Waals surface area contributed by atoms with Crippen LogP contribution < -0.4 is 10.6 Å². The molecule has 0 bridgehead atoms. The lowest BCUT2D eigenvalue weighted by Crippen LogP contribution is -2.31. The van der Waals surface area contributed by atoms with E-state index < -0.39 is 0 Å². The first kappa shape index (κ1) is 17.4. The number of imide groups is 1. The Morgan fingerprint density at radius 3 is 1.96 bits per heavy atom. The number of carbonyl (C=O) groups excluding carboxylic acids is 2. The lowest BCUT2D eigenvalue weighted by Gasteiger charge is -2.25. The van der Waals surface area contributed by atoms with Crippen LogP contribution in [-0.4, -0.2) is 11.8 Å². The van der Waals surface area contributed by atoms with Gasteiger partial charge in [-0.2, -0.15) is 0 Å². The summed E-state index contributed by atoms with van der Waals surface area (Å²) in [5.41, 5.74) is 10.2. The molecule has 1 aliphatic rings. The molecule has 4 heteroatoms. The Balaban J connectivity index is 2.21. The van der Waals surface area contributed by atoms with Gasteiger partial charge in [0, 0.05) is 6.54 Å². The molecule has 0 unspecified atom stereocenters. The first-order valence-electron chi connectivity index (χ1n) is 8.71. The van der Waals surface area contributed by atoms with Crippen molar-refractivity contribution in [3.05, 3.63) is 64.2 Å². The highest BCUT2D eigenvalue weighted by Crippen LogP contribution is 2.39. The van der Waals surface area contributed by atoms with E-state index in [9.17, 15) is 9.59 Å². The highest BCUT2D eigenvalue weighted by atomic mass is 16.2. The quantitative estimate of drug-likeness (QED) is 0.851. The van der Waals surface area contributed by atoms with Crippen LogP contribution in [0.5, 0.6) is 0 Å². The maximum atomic E-state index is 13.1. The molecule has 0 spiro atoms. The van der Waals surface area contributed by atoms with Gasteiger partial charge in [-0.3, -0.25) is 9.59 Å². The fourth-order valence-corrected chi connectivity index (χ4v) is 3.39. The standard InChI is InChI=1S/C21H24N2O2/c1-12(2)15-6-5-7-16(13(3)4)19(15)23-20(24)17-9-8-14(11-22)10-18(17)21(23)25/h5-10,12-13H,11,22H2,1-4H3. The fraction of sp³-hybridized carbons (Fsp3) is 0.333. The molecule has 2 aromatic rings. The SMILES string of the molecule is CC(C)c1cccc(C(C)C)c1N1C(=O)c2ccc(CN)cc2C1=O. The van der Waals surface area contributed by atoms with Crippen LogP contribution in [0.3, 0.4) is 0 Å². The van der Waals surface area contributed by atoms with Crippen molar-refractivity contribution in [3.63, 3.8) is 0 Å². The van der Waals surface area contributed by atoms with E-state index in [4.69, 9.17) is 5.73 Å². The van der Waals surface area contributed by atoms with E-state index in [1.807, 2.05) is 24.3 Å². The predicted molar refractivity (Wildman–Crippen MR) is 100 cm³/mol. The largest absolute Gasteiger partial charge is 0.326 e. The number of amides is 2. The summed E-state index contributed by atoms with van der Waals surface area (Å²) in [7, 11) is 0. The average molecular weight is 336 g/mol. The normalized spacial score (nSPS) is 14.0. The number of hydrogen-bond donors (Lipinski definition) is 1. The summed E-state index contributed by atoms with van der Waals surface area (Å²) in [5, 5.41) is 0. The average Bonchev–Trinajstić information content (AvgIpc) is 2.84. The molecule has 3 rings (SSSR count). The molecule has 0 aromatic heterocycles. The van der Waals surface area contributed by atoms with Gasteiger partial charge >= 0.3 is 0 Å². The highest BCUT2D eigenvalue weighted by molar-refractivity contribution is 6.35. The molecule has 4 nitrogen and oxygen atoms in total. The van der Waals surface area contributed by atoms with E-state index in [0.29, 0.717) is 17.7 Å². The molecular formula is C21H24N2O2. The third-order valence-corrected chi connectivity index (χ3v) is 4.75. The van der Waals surface area contributed by atoms with Crippen molar-refractivity contribution >= 4 is 17.5 Å². The first-order valence-corrected chi connectivity index (χ1v) is 8.71. The van der Waals surface area contributed by atoms with Crippen LogP contribution in [0, 0.1) is 0 Å². The van der Waals surface area contributed by atoms with E-state index in [0.717, 1.165) is 22.4 Å². The second kappa shape index (κ2) is 6.45. The molecule has 0 aliphatic carbocycles. The van der Waals surface area contributed by atoms with E-state index >= 15 is 0 Å². The van der Waals surface area contributed by atoms with E-state index in [1.165, 1.54) is 4.90 Å². The number of anilines is 1. The van der Waals surface area contributed by atoms with Crippen molar-refractivity contribution in [1.82, 2.24) is 0 Å². The van der Waals surface area contributed by atoms with Crippen molar-refractivity contribution < 1.29 is 9.59 Å². The van der Waals surface area contributed by atoms with Gasteiger partial charge in [0.1, 0.15) is 0 Å². The maximum Gasteiger partial charge on any atom is 0.266 e. The highest BCUT2D eigenvalue weighted by Gasteiger charge is 2.39. The number of nitrogens with two attached hydrogens (primary N) is 1. The number of benzene rings is 2. The van der Waals surface area contributed by atoms with Crippen LogP contribution >= 0.6 is 0 Å². The van der Waals surface area contributed by atoms with Gasteiger partial charge in [-0.05, 0) is 40.7 Å². The molecule has 2 aromatic carbocycles. The van der Waals surface area contributed by atoms with Crippen molar-refractivity contribution in [2.75, 3.05) is 4.90 Å². The van der Waals surface area contributed by atoms with Crippen molar-refractivity contribution in [2.24, 2.45) is 5.73 Å². The van der Waals surface area contributed by atoms with Crippen LogP contribution in [0.25, 0.3) is 0 Å². The summed E-state index contributed by atoms with van der Waals surface area (Å²) < 4.78 is 0. The van der Waals surface area contributed by atoms with Gasteiger partial charge in [-0.15, -0.1) is 0 Å². The fourth-order valence-electron chi connectivity index (χ4n) is 3.39. The second-order valence-electron chi connectivity index (χ2n) is 7.12. The predicted octanol–water partition coefficient (Wildman–Crippen LogP) is 4.19. The van der Waals surface area contributed by atoms with Crippen LogP contribution in [0.4, 0.5) is 5.69 Å². The zero-order chi connectivity index (χ0) is 18.3. The molecule has 25 heavy (non-hydrogen) atoms. The Bertz CT molecular complexity index is 827. The Labute approximate surface area is 148 Å². The summed E-state index contributed by atoms with van der Waals surface area (Å²) in [4.78, 5) is 27.5. The summed E-state index contributed by atoms with van der Waals surface area (Å²) in [5.74, 6) is -0.0981. The van der Waals surface area contributed by atoms with Crippen LogP contribution in [-0.2, 0) is 6.54 Å². The van der Waals surface area contributed by atoms with Gasteiger partial charge in [0.2, 0.25) is 0 Å². The topological polar surface area (TPSA) is 63.4 Å². The minimum Gasteiger partial charge on any atom is -0.326 e. The number of nitrogens with zero attached hydrogens (tertiary/aromatic N) is 1. The monoisotopic (exact) mass is 336 g/mol. The summed E-state index contributed by atoms with van der Waals surface area (Å²) in [6.45, 7) is 8.65. The van der Waals surface area contributed by atoms with Gasteiger partial charge < -0.3 is 5.73 Å². The van der Waals surface area contributed by atoms with Gasteiger partial charge in [0.05, 0.1) is 16.8 Å². The van der Waals surface area contributed by atoms with Crippen LogP contribution in [0.2, 0.25) is 0 Å². The van der Waals surface area contributed by atoms with Gasteiger partial charge in [-0.1, -0.05) is 52.0 Å². The van der Waals surface area contributed by atoms with E-state index in [1.54, 1.807) is 12.1 Å². The Morgan fingerprint density at radius 2 is 1.44 bits per heavy atom. The van der Waals surface area contributed by atoms with E-state index in [-0.39, 0.29) is 23.7 Å². The molecular weight excluding hydrogens is 312 g/mol. The van der Waals surface area contributed by atoms with Gasteiger partial charge in [0.15, 0.2) is 0 Å². The van der Waals surface area contributed by atoms with E-state index in [2.05, 4.69) is 27.7 Å². The lowest BCUT2D eigenvalue weighted by molar-refractivity contribution is 0.0925. The number of carbonyl (C=O) groups is 2. The minimum atomic E-state index is -0.259. The van der Waals surface area contributed by atoms with Crippen molar-refractivity contribution in [1.29, 1.82) is 0 Å². The zero-order valence-corrected chi connectivity index (χ0v) is 15.2. The first-order chi connectivity index (χ1) is 11.9. The number of fused-ring (bicyclic) bond motifs is 1. The number of hydrogen-bond acceptors (Lipinski definition) is 3.